The number of nitrogens with zero attached hydrogens (tertiary/aromatic N) is 1. The smallest absolute Gasteiger partial charge is 0.322 e. The highest BCUT2D eigenvalue weighted by Gasteiger charge is 2.21. The van der Waals surface area contributed by atoms with Crippen LogP contribution in [0.4, 0.5) is 10.5 Å². The minimum Gasteiger partial charge on any atom is -0.426 e. The first kappa shape index (κ1) is 25.2. The molecule has 0 unspecified atom stereocenters. The molecular weight excluding hydrogens is 432 g/mol. The minimum atomic E-state index is -0.206. The molecule has 0 bridgehead atoms. The van der Waals surface area contributed by atoms with Gasteiger partial charge in [0.25, 0.3) is 0 Å². The Kier molecular flexibility index (Phi) is 10.1. The Labute approximate surface area is 202 Å². The molecule has 1 aliphatic rings. The molecule has 1 aliphatic carbocycles. The summed E-state index contributed by atoms with van der Waals surface area (Å²) in [6, 6.07) is 16.0. The number of anilines is 1. The second-order valence-corrected chi connectivity index (χ2v) is 9.73. The molecule has 178 valence electrons. The van der Waals surface area contributed by atoms with Gasteiger partial charge in [-0.2, -0.15) is 0 Å². The molecule has 1 fully saturated rings. The number of benzene rings is 2. The molecule has 33 heavy (non-hydrogen) atoms. The number of urea groups is 1. The lowest BCUT2D eigenvalue weighted by atomic mass is 9.96. The van der Waals surface area contributed by atoms with Crippen molar-refractivity contribution in [3.8, 4) is 5.75 Å². The zero-order valence-corrected chi connectivity index (χ0v) is 20.7. The van der Waals surface area contributed by atoms with Gasteiger partial charge >= 0.3 is 12.0 Å². The van der Waals surface area contributed by atoms with E-state index in [0.717, 1.165) is 47.6 Å². The van der Waals surface area contributed by atoms with Gasteiger partial charge < -0.3 is 10.1 Å². The Morgan fingerprint density at radius 3 is 2.45 bits per heavy atom. The van der Waals surface area contributed by atoms with Gasteiger partial charge in [0.05, 0.1) is 0 Å². The maximum atomic E-state index is 13.0. The number of carbonyl (C=O) groups excluding carboxylic acids is 2. The topological polar surface area (TPSA) is 58.6 Å². The Hall–Kier alpha value is -2.47. The van der Waals surface area contributed by atoms with Gasteiger partial charge in [-0.15, -0.1) is 0 Å². The fourth-order valence-corrected chi connectivity index (χ4v) is 4.85. The average Bonchev–Trinajstić information content (AvgIpc) is 2.81. The van der Waals surface area contributed by atoms with Crippen molar-refractivity contribution in [1.29, 1.82) is 0 Å². The van der Waals surface area contributed by atoms with Gasteiger partial charge in [0.2, 0.25) is 0 Å². The van der Waals surface area contributed by atoms with E-state index in [1.54, 1.807) is 17.8 Å². The highest BCUT2D eigenvalue weighted by molar-refractivity contribution is 7.99. The minimum absolute atomic E-state index is 0.0114. The van der Waals surface area contributed by atoms with Crippen molar-refractivity contribution in [2.75, 3.05) is 11.4 Å². The molecule has 5 nitrogen and oxygen atoms in total. The van der Waals surface area contributed by atoms with Crippen molar-refractivity contribution in [2.24, 2.45) is 0 Å². The number of hydrogen-bond donors (Lipinski definition) is 1. The van der Waals surface area contributed by atoms with Crippen molar-refractivity contribution in [3.63, 3.8) is 0 Å². The molecule has 3 rings (SSSR count). The summed E-state index contributed by atoms with van der Waals surface area (Å²) in [5, 5.41) is 3.25. The lowest BCUT2D eigenvalue weighted by Gasteiger charge is -2.28. The number of unbranched alkanes of at least 4 members (excludes halogenated alkanes) is 1. The van der Waals surface area contributed by atoms with E-state index in [0.29, 0.717) is 24.8 Å². The van der Waals surface area contributed by atoms with Crippen LogP contribution in [0.15, 0.2) is 58.3 Å². The van der Waals surface area contributed by atoms with Gasteiger partial charge in [-0.05, 0) is 68.1 Å². The van der Waals surface area contributed by atoms with Crippen molar-refractivity contribution < 1.29 is 14.3 Å². The maximum Gasteiger partial charge on any atom is 0.322 e. The highest BCUT2D eigenvalue weighted by atomic mass is 32.2. The third-order valence-corrected chi connectivity index (χ3v) is 6.79. The molecule has 2 aromatic carbocycles. The van der Waals surface area contributed by atoms with Crippen molar-refractivity contribution in [1.82, 2.24) is 5.32 Å². The number of esters is 1. The van der Waals surface area contributed by atoms with Crippen LogP contribution in [0.1, 0.15) is 71.6 Å². The van der Waals surface area contributed by atoms with Crippen molar-refractivity contribution in [2.45, 2.75) is 87.5 Å². The largest absolute Gasteiger partial charge is 0.426 e. The second-order valence-electron chi connectivity index (χ2n) is 8.58. The Morgan fingerprint density at radius 1 is 1.00 bits per heavy atom. The third-order valence-electron chi connectivity index (χ3n) is 5.79. The summed E-state index contributed by atoms with van der Waals surface area (Å²) in [5.74, 6) is 0.364. The predicted octanol–water partition coefficient (Wildman–Crippen LogP) is 7.19. The summed E-state index contributed by atoms with van der Waals surface area (Å²) < 4.78 is 5.41. The summed E-state index contributed by atoms with van der Waals surface area (Å²) >= 11 is 1.61. The zero-order valence-electron chi connectivity index (χ0n) is 19.8. The van der Waals surface area contributed by atoms with Gasteiger partial charge in [-0.3, -0.25) is 9.69 Å². The van der Waals surface area contributed by atoms with Crippen molar-refractivity contribution in [3.05, 3.63) is 48.5 Å². The van der Waals surface area contributed by atoms with Gasteiger partial charge in [-0.25, -0.2) is 4.79 Å². The van der Waals surface area contributed by atoms with E-state index in [-0.39, 0.29) is 12.0 Å². The first-order valence-corrected chi connectivity index (χ1v) is 13.1. The molecule has 0 aromatic heterocycles. The summed E-state index contributed by atoms with van der Waals surface area (Å²) in [5.41, 5.74) is 0.920. The lowest BCUT2D eigenvalue weighted by Crippen LogP contribution is -2.46. The van der Waals surface area contributed by atoms with Gasteiger partial charge in [0.1, 0.15) is 5.75 Å². The van der Waals surface area contributed by atoms with Crippen LogP contribution in [0, 0.1) is 0 Å². The maximum absolute atomic E-state index is 13.0. The summed E-state index contributed by atoms with van der Waals surface area (Å²) in [6.45, 7) is 4.82. The molecule has 2 aromatic rings. The van der Waals surface area contributed by atoms with Crippen LogP contribution in [-0.4, -0.2) is 24.6 Å². The molecule has 0 spiro atoms. The van der Waals surface area contributed by atoms with Crippen LogP contribution in [0.5, 0.6) is 5.75 Å². The van der Waals surface area contributed by atoms with E-state index >= 15 is 0 Å². The molecule has 0 aliphatic heterocycles. The lowest BCUT2D eigenvalue weighted by molar-refractivity contribution is -0.134. The van der Waals surface area contributed by atoms with E-state index in [4.69, 9.17) is 4.74 Å². The third kappa shape index (κ3) is 8.11. The molecular formula is C27H36N2O3S. The number of nitrogens with one attached hydrogen (secondary N) is 1. The number of ether oxygens (including phenoxy) is 1. The first-order valence-electron chi connectivity index (χ1n) is 12.3. The molecule has 1 N–H and O–H groups in total. The number of rotatable bonds is 10. The van der Waals surface area contributed by atoms with E-state index in [9.17, 15) is 9.59 Å². The molecule has 0 radical (unpaired) electrons. The number of hydrogen-bond acceptors (Lipinski definition) is 4. The summed E-state index contributed by atoms with van der Waals surface area (Å²) in [4.78, 5) is 28.8. The van der Waals surface area contributed by atoms with Crippen LogP contribution in [0.2, 0.25) is 0 Å². The van der Waals surface area contributed by atoms with E-state index in [1.807, 2.05) is 54.3 Å². The molecule has 0 atom stereocenters. The monoisotopic (exact) mass is 468 g/mol. The molecule has 0 saturated heterocycles. The molecule has 6 heteroatoms. The standard InChI is InChI=1S/C27H36N2O3S/c1-3-5-19-29(27(31)28-21-11-7-6-8-12-21)22-15-17-24(18-16-22)33-25-14-9-13-23(20-25)32-26(30)10-4-2/h9,13-18,20-21H,3-8,10-12,19H2,1-2H3,(H,28,31). The summed E-state index contributed by atoms with van der Waals surface area (Å²) in [7, 11) is 0. The fourth-order valence-electron chi connectivity index (χ4n) is 3.98. The van der Waals surface area contributed by atoms with E-state index in [2.05, 4.69) is 12.2 Å². The Balaban J connectivity index is 1.65. The fraction of sp³-hybridized carbons (Fsp3) is 0.481. The quantitative estimate of drug-likeness (QED) is 0.296. The van der Waals surface area contributed by atoms with Crippen LogP contribution in [0.3, 0.4) is 0 Å². The number of amides is 2. The normalized spacial score (nSPS) is 14.0. The van der Waals surface area contributed by atoms with Gasteiger partial charge in [0, 0.05) is 34.5 Å². The SMILES string of the molecule is CCCCN(C(=O)NC1CCCCC1)c1ccc(Sc2cccc(OC(=O)CCC)c2)cc1. The summed E-state index contributed by atoms with van der Waals surface area (Å²) in [6.07, 6.45) is 9.03. The second kappa shape index (κ2) is 13.3. The van der Waals surface area contributed by atoms with Crippen LogP contribution in [0.25, 0.3) is 0 Å². The van der Waals surface area contributed by atoms with Gasteiger partial charge in [-0.1, -0.05) is 57.4 Å². The van der Waals surface area contributed by atoms with Gasteiger partial charge in [0.15, 0.2) is 0 Å². The zero-order chi connectivity index (χ0) is 23.5. The number of carbonyl (C=O) groups is 2. The van der Waals surface area contributed by atoms with E-state index < -0.39 is 0 Å². The molecule has 1 saturated carbocycles. The first-order chi connectivity index (χ1) is 16.1. The molecule has 0 heterocycles. The van der Waals surface area contributed by atoms with Crippen LogP contribution < -0.4 is 15.0 Å². The van der Waals surface area contributed by atoms with Crippen molar-refractivity contribution >= 4 is 29.4 Å². The highest BCUT2D eigenvalue weighted by Crippen LogP contribution is 2.31. The predicted molar refractivity (Wildman–Crippen MR) is 135 cm³/mol. The Bertz CT molecular complexity index is 894. The average molecular weight is 469 g/mol. The molecule has 2 amide bonds. The van der Waals surface area contributed by atoms with E-state index in [1.165, 1.54) is 19.3 Å². The van der Waals surface area contributed by atoms with Crippen LogP contribution >= 0.6 is 11.8 Å². The Morgan fingerprint density at radius 2 is 1.76 bits per heavy atom. The van der Waals surface area contributed by atoms with Crippen LogP contribution in [-0.2, 0) is 4.79 Å².